The van der Waals surface area contributed by atoms with E-state index < -0.39 is 0 Å². The molecule has 3 heterocycles. The molecule has 0 unspecified atom stereocenters. The van der Waals surface area contributed by atoms with Crippen LogP contribution in [0.4, 0.5) is 0 Å². The van der Waals surface area contributed by atoms with Gasteiger partial charge in [-0.3, -0.25) is 0 Å². The van der Waals surface area contributed by atoms with Crippen LogP contribution in [0.15, 0.2) is 63.7 Å². The average molecular weight is 395 g/mol. The lowest BCUT2D eigenvalue weighted by Gasteiger charge is -1.97. The van der Waals surface area contributed by atoms with Gasteiger partial charge in [0.05, 0.1) is 16.1 Å². The molecule has 3 nitrogen and oxygen atoms in total. The van der Waals surface area contributed by atoms with Crippen molar-refractivity contribution in [3.05, 3.63) is 75.1 Å². The minimum atomic E-state index is 0.477. The zero-order valence-electron chi connectivity index (χ0n) is 13.3. The molecule has 6 heteroatoms. The molecule has 4 rings (SSSR count). The quantitative estimate of drug-likeness (QED) is 0.355. The molecule has 26 heavy (non-hydrogen) atoms. The monoisotopic (exact) mass is 394 g/mol. The van der Waals surface area contributed by atoms with E-state index in [1.807, 2.05) is 59.3 Å². The molecule has 0 atom stereocenters. The number of halogens is 1. The molecule has 0 aliphatic heterocycles. The molecule has 3 aromatic heterocycles. The van der Waals surface area contributed by atoms with Gasteiger partial charge in [0, 0.05) is 22.0 Å². The van der Waals surface area contributed by atoms with Gasteiger partial charge in [0.2, 0.25) is 0 Å². The number of rotatable bonds is 4. The predicted octanol–water partition coefficient (Wildman–Crippen LogP) is 6.85. The van der Waals surface area contributed by atoms with E-state index in [4.69, 9.17) is 16.0 Å². The number of furan rings is 1. The number of nitrogens with zero attached hydrogens (tertiary/aromatic N) is 2. The van der Waals surface area contributed by atoms with Crippen LogP contribution < -0.4 is 0 Å². The van der Waals surface area contributed by atoms with Crippen molar-refractivity contribution < 1.29 is 4.42 Å². The van der Waals surface area contributed by atoms with Crippen molar-refractivity contribution in [2.75, 3.05) is 0 Å². The molecular weight excluding hydrogens is 384 g/mol. The molecule has 0 radical (unpaired) electrons. The van der Waals surface area contributed by atoms with Gasteiger partial charge in [-0.2, -0.15) is 5.26 Å². The number of allylic oxidation sites excluding steroid dienone is 1. The summed E-state index contributed by atoms with van der Waals surface area (Å²) in [6.45, 7) is 0. The van der Waals surface area contributed by atoms with Crippen LogP contribution in [0, 0.1) is 11.3 Å². The Kier molecular flexibility index (Phi) is 4.72. The van der Waals surface area contributed by atoms with Crippen LogP contribution in [0.1, 0.15) is 10.8 Å². The lowest BCUT2D eigenvalue weighted by atomic mass is 10.2. The number of aromatic nitrogens is 1. The van der Waals surface area contributed by atoms with Crippen molar-refractivity contribution >= 4 is 45.9 Å². The van der Waals surface area contributed by atoms with Crippen molar-refractivity contribution in [2.24, 2.45) is 0 Å². The summed E-state index contributed by atoms with van der Waals surface area (Å²) in [7, 11) is 0. The van der Waals surface area contributed by atoms with E-state index in [1.54, 1.807) is 17.4 Å². The van der Waals surface area contributed by atoms with E-state index in [9.17, 15) is 5.26 Å². The summed E-state index contributed by atoms with van der Waals surface area (Å²) in [5, 5.41) is 14.8. The van der Waals surface area contributed by atoms with Crippen LogP contribution in [0.5, 0.6) is 0 Å². The van der Waals surface area contributed by atoms with Gasteiger partial charge in [-0.1, -0.05) is 29.8 Å². The van der Waals surface area contributed by atoms with Crippen molar-refractivity contribution in [3.63, 3.8) is 0 Å². The molecule has 0 aliphatic rings. The largest absolute Gasteiger partial charge is 0.457 e. The second-order valence-electron chi connectivity index (χ2n) is 5.40. The molecular formula is C20H11ClN2OS2. The Labute approximate surface area is 163 Å². The second-order valence-corrected chi connectivity index (χ2v) is 7.64. The van der Waals surface area contributed by atoms with Gasteiger partial charge >= 0.3 is 0 Å². The summed E-state index contributed by atoms with van der Waals surface area (Å²) in [5.41, 5.74) is 2.26. The molecule has 0 aliphatic carbocycles. The zero-order valence-corrected chi connectivity index (χ0v) is 15.7. The first kappa shape index (κ1) is 16.8. The predicted molar refractivity (Wildman–Crippen MR) is 108 cm³/mol. The maximum atomic E-state index is 9.53. The first-order valence-corrected chi connectivity index (χ1v) is 9.84. The molecule has 0 saturated carbocycles. The van der Waals surface area contributed by atoms with Crippen molar-refractivity contribution in [1.82, 2.24) is 4.98 Å². The highest BCUT2D eigenvalue weighted by atomic mass is 35.5. The Morgan fingerprint density at radius 1 is 1.15 bits per heavy atom. The summed E-state index contributed by atoms with van der Waals surface area (Å²) >= 11 is 9.11. The Bertz CT molecular complexity index is 1120. The summed E-state index contributed by atoms with van der Waals surface area (Å²) < 4.78 is 5.85. The normalized spacial score (nSPS) is 11.5. The fraction of sp³-hybridized carbons (Fsp3) is 0. The van der Waals surface area contributed by atoms with Crippen LogP contribution >= 0.6 is 34.3 Å². The molecule has 126 valence electrons. The van der Waals surface area contributed by atoms with Gasteiger partial charge in [0.15, 0.2) is 0 Å². The summed E-state index contributed by atoms with van der Waals surface area (Å²) in [5.74, 6) is 1.30. The standard InChI is InChI=1S/C20H11ClN2OS2/c21-15-4-1-3-13(9-15)18-7-6-16(24-18)10-14(11-22)20-23-17(12-26-20)19-5-2-8-25-19/h1-10,12H. The van der Waals surface area contributed by atoms with Crippen molar-refractivity contribution in [2.45, 2.75) is 0 Å². The maximum Gasteiger partial charge on any atom is 0.134 e. The Hall–Kier alpha value is -2.65. The van der Waals surface area contributed by atoms with Gasteiger partial charge in [-0.05, 0) is 35.7 Å². The Morgan fingerprint density at radius 3 is 2.85 bits per heavy atom. The first-order valence-electron chi connectivity index (χ1n) is 7.70. The van der Waals surface area contributed by atoms with E-state index in [0.29, 0.717) is 27.1 Å². The van der Waals surface area contributed by atoms with Gasteiger partial charge in [0.25, 0.3) is 0 Å². The number of nitriles is 1. The van der Waals surface area contributed by atoms with Crippen LogP contribution in [0.25, 0.3) is 33.5 Å². The molecule has 0 spiro atoms. The smallest absolute Gasteiger partial charge is 0.134 e. The number of thiophene rings is 1. The average Bonchev–Trinajstić information content (AvgIpc) is 3.40. The molecule has 4 aromatic rings. The third-order valence-electron chi connectivity index (χ3n) is 3.65. The summed E-state index contributed by atoms with van der Waals surface area (Å²) in [4.78, 5) is 5.66. The summed E-state index contributed by atoms with van der Waals surface area (Å²) in [6, 6.07) is 17.4. The number of hydrogen-bond donors (Lipinski definition) is 0. The third kappa shape index (κ3) is 3.49. The molecule has 0 N–H and O–H groups in total. The molecule has 0 amide bonds. The highest BCUT2D eigenvalue weighted by molar-refractivity contribution is 7.14. The first-order chi connectivity index (χ1) is 12.7. The van der Waals surface area contributed by atoms with E-state index in [1.165, 1.54) is 11.3 Å². The lowest BCUT2D eigenvalue weighted by Crippen LogP contribution is -1.80. The molecule has 0 bridgehead atoms. The third-order valence-corrected chi connectivity index (χ3v) is 5.65. The number of hydrogen-bond acceptors (Lipinski definition) is 5. The van der Waals surface area contributed by atoms with Crippen molar-refractivity contribution in [1.29, 1.82) is 5.26 Å². The van der Waals surface area contributed by atoms with Crippen LogP contribution in [0.2, 0.25) is 5.02 Å². The minimum Gasteiger partial charge on any atom is -0.457 e. The van der Waals surface area contributed by atoms with Gasteiger partial charge in [-0.15, -0.1) is 22.7 Å². The highest BCUT2D eigenvalue weighted by Crippen LogP contribution is 2.31. The summed E-state index contributed by atoms with van der Waals surface area (Å²) in [6.07, 6.45) is 1.71. The van der Waals surface area contributed by atoms with Gasteiger partial charge in [0.1, 0.15) is 22.6 Å². The maximum absolute atomic E-state index is 9.53. The fourth-order valence-corrected chi connectivity index (χ4v) is 4.18. The zero-order chi connectivity index (χ0) is 17.9. The number of benzene rings is 1. The Balaban J connectivity index is 1.64. The SMILES string of the molecule is N#CC(=Cc1ccc(-c2cccc(Cl)c2)o1)c1nc(-c2cccs2)cs1. The van der Waals surface area contributed by atoms with Crippen molar-refractivity contribution in [3.8, 4) is 28.0 Å². The van der Waals surface area contributed by atoms with Gasteiger partial charge in [-0.25, -0.2) is 4.98 Å². The number of thiazole rings is 1. The van der Waals surface area contributed by atoms with Crippen LogP contribution in [0.3, 0.4) is 0 Å². The van der Waals surface area contributed by atoms with Crippen LogP contribution in [-0.2, 0) is 0 Å². The van der Waals surface area contributed by atoms with E-state index >= 15 is 0 Å². The van der Waals surface area contributed by atoms with E-state index in [-0.39, 0.29) is 0 Å². The van der Waals surface area contributed by atoms with Gasteiger partial charge < -0.3 is 4.42 Å². The highest BCUT2D eigenvalue weighted by Gasteiger charge is 2.11. The van der Waals surface area contributed by atoms with E-state index in [0.717, 1.165) is 16.1 Å². The minimum absolute atomic E-state index is 0.477. The fourth-order valence-electron chi connectivity index (χ4n) is 2.45. The molecule has 0 saturated heterocycles. The second kappa shape index (κ2) is 7.30. The topological polar surface area (TPSA) is 49.8 Å². The Morgan fingerprint density at radius 2 is 2.08 bits per heavy atom. The molecule has 1 aromatic carbocycles. The van der Waals surface area contributed by atoms with E-state index in [2.05, 4.69) is 11.1 Å². The molecule has 0 fully saturated rings. The lowest BCUT2D eigenvalue weighted by molar-refractivity contribution is 0.572. The van der Waals surface area contributed by atoms with Crippen LogP contribution in [-0.4, -0.2) is 4.98 Å².